The van der Waals surface area contributed by atoms with E-state index in [9.17, 15) is 0 Å². The second-order valence-electron chi connectivity index (χ2n) is 5.35. The number of likely N-dealkylation sites (tertiary alicyclic amines) is 1. The van der Waals surface area contributed by atoms with Crippen LogP contribution in [0.2, 0.25) is 0 Å². The van der Waals surface area contributed by atoms with Gasteiger partial charge < -0.3 is 10.6 Å². The molecule has 22 heavy (non-hydrogen) atoms. The van der Waals surface area contributed by atoms with E-state index >= 15 is 0 Å². The summed E-state index contributed by atoms with van der Waals surface area (Å²) in [4.78, 5) is 8.13. The Balaban J connectivity index is 0.00000242. The number of hydrogen-bond donors (Lipinski definition) is 2. The summed E-state index contributed by atoms with van der Waals surface area (Å²) in [7, 11) is 4.00. The summed E-state index contributed by atoms with van der Waals surface area (Å²) in [5.74, 6) is 3.94. The van der Waals surface area contributed by atoms with Crippen LogP contribution in [-0.4, -0.2) is 44.6 Å². The molecule has 0 radical (unpaired) electrons. The van der Waals surface area contributed by atoms with Crippen molar-refractivity contribution in [1.29, 1.82) is 0 Å². The fourth-order valence-corrected chi connectivity index (χ4v) is 3.95. The third kappa shape index (κ3) is 5.14. The molecule has 2 N–H and O–H groups in total. The predicted octanol–water partition coefficient (Wildman–Crippen LogP) is 2.55. The molecule has 6 heteroatoms. The highest BCUT2D eigenvalue weighted by Crippen LogP contribution is 2.36. The first-order chi connectivity index (χ1) is 10.3. The number of aliphatic imine (C=N–C) groups is 1. The zero-order valence-electron chi connectivity index (χ0n) is 13.2. The van der Waals surface area contributed by atoms with Gasteiger partial charge in [0.2, 0.25) is 0 Å². The lowest BCUT2D eigenvalue weighted by molar-refractivity contribution is 0.125. The summed E-state index contributed by atoms with van der Waals surface area (Å²) in [5, 5.41) is 8.68. The highest BCUT2D eigenvalue weighted by molar-refractivity contribution is 14.0. The Labute approximate surface area is 154 Å². The highest BCUT2D eigenvalue weighted by atomic mass is 127. The molecule has 1 saturated heterocycles. The normalized spacial score (nSPS) is 22.5. The van der Waals surface area contributed by atoms with E-state index in [2.05, 4.69) is 51.0 Å². The average molecular weight is 432 g/mol. The molecule has 0 aromatic carbocycles. The maximum atomic E-state index is 5.27. The molecule has 1 aromatic rings. The molecule has 2 unspecified atom stereocenters. The van der Waals surface area contributed by atoms with Crippen molar-refractivity contribution in [2.45, 2.75) is 18.9 Å². The van der Waals surface area contributed by atoms with Gasteiger partial charge in [0.1, 0.15) is 0 Å². The van der Waals surface area contributed by atoms with Gasteiger partial charge in [-0.3, -0.25) is 9.89 Å². The van der Waals surface area contributed by atoms with Gasteiger partial charge in [-0.15, -0.1) is 41.7 Å². The molecule has 0 aliphatic carbocycles. The molecule has 2 rings (SSSR count). The first-order valence-corrected chi connectivity index (χ1v) is 8.26. The number of hydrogen-bond acceptors (Lipinski definition) is 3. The van der Waals surface area contributed by atoms with E-state index in [0.29, 0.717) is 18.5 Å². The van der Waals surface area contributed by atoms with Gasteiger partial charge in [0.25, 0.3) is 0 Å². The minimum atomic E-state index is 0. The third-order valence-corrected chi connectivity index (χ3v) is 4.90. The maximum absolute atomic E-state index is 5.27. The molecule has 1 aliphatic heterocycles. The zero-order valence-corrected chi connectivity index (χ0v) is 16.4. The number of guanidine groups is 1. The summed E-state index contributed by atoms with van der Waals surface area (Å²) < 4.78 is 0. The van der Waals surface area contributed by atoms with Crippen LogP contribution in [0.5, 0.6) is 0 Å². The van der Waals surface area contributed by atoms with Crippen molar-refractivity contribution >= 4 is 41.3 Å². The van der Waals surface area contributed by atoms with Crippen LogP contribution >= 0.6 is 35.3 Å². The van der Waals surface area contributed by atoms with Crippen LogP contribution in [0.25, 0.3) is 0 Å². The van der Waals surface area contributed by atoms with Crippen LogP contribution in [0.3, 0.4) is 0 Å². The van der Waals surface area contributed by atoms with E-state index in [1.165, 1.54) is 24.3 Å². The minimum Gasteiger partial charge on any atom is -0.356 e. The molecular weight excluding hydrogens is 407 g/mol. The SMILES string of the molecule is C#CCNC(=NC)NCC1CCCN(C)C1c1cccs1.I. The molecule has 122 valence electrons. The predicted molar refractivity (Wildman–Crippen MR) is 106 cm³/mol. The number of terminal acetylenes is 1. The van der Waals surface area contributed by atoms with Crippen LogP contribution in [0, 0.1) is 18.3 Å². The molecule has 2 atom stereocenters. The summed E-state index contributed by atoms with van der Waals surface area (Å²) in [6, 6.07) is 4.88. The molecule has 1 aromatic heterocycles. The van der Waals surface area contributed by atoms with Gasteiger partial charge in [-0.25, -0.2) is 0 Å². The first kappa shape index (κ1) is 19.3. The largest absolute Gasteiger partial charge is 0.356 e. The molecule has 1 fully saturated rings. The maximum Gasteiger partial charge on any atom is 0.191 e. The van der Waals surface area contributed by atoms with Crippen molar-refractivity contribution in [3.05, 3.63) is 22.4 Å². The van der Waals surface area contributed by atoms with Crippen LogP contribution in [0.4, 0.5) is 0 Å². The Kier molecular flexibility index (Phi) is 8.83. The number of thiophene rings is 1. The Bertz CT molecular complexity index is 495. The van der Waals surface area contributed by atoms with Crippen molar-refractivity contribution in [2.75, 3.05) is 33.7 Å². The Morgan fingerprint density at radius 2 is 2.36 bits per heavy atom. The van der Waals surface area contributed by atoms with E-state index in [1.54, 1.807) is 7.05 Å². The van der Waals surface area contributed by atoms with Crippen molar-refractivity contribution in [3.8, 4) is 12.3 Å². The Morgan fingerprint density at radius 3 is 3.00 bits per heavy atom. The lowest BCUT2D eigenvalue weighted by atomic mass is 9.88. The van der Waals surface area contributed by atoms with Crippen LogP contribution in [0.15, 0.2) is 22.5 Å². The molecule has 2 heterocycles. The highest BCUT2D eigenvalue weighted by Gasteiger charge is 2.31. The van der Waals surface area contributed by atoms with Gasteiger partial charge in [-0.2, -0.15) is 0 Å². The lowest BCUT2D eigenvalue weighted by Gasteiger charge is -2.39. The Hall–Kier alpha value is -0.780. The van der Waals surface area contributed by atoms with Crippen molar-refractivity contribution in [3.63, 3.8) is 0 Å². The van der Waals surface area contributed by atoms with Gasteiger partial charge in [0.15, 0.2) is 5.96 Å². The smallest absolute Gasteiger partial charge is 0.191 e. The van der Waals surface area contributed by atoms with Gasteiger partial charge >= 0.3 is 0 Å². The monoisotopic (exact) mass is 432 g/mol. The van der Waals surface area contributed by atoms with Gasteiger partial charge in [-0.1, -0.05) is 12.0 Å². The first-order valence-electron chi connectivity index (χ1n) is 7.38. The number of nitrogens with one attached hydrogen (secondary N) is 2. The van der Waals surface area contributed by atoms with Crippen molar-refractivity contribution in [1.82, 2.24) is 15.5 Å². The summed E-state index contributed by atoms with van der Waals surface area (Å²) in [6.07, 6.45) is 7.77. The molecular formula is C16H25IN4S. The molecule has 0 saturated carbocycles. The third-order valence-electron chi connectivity index (χ3n) is 3.96. The standard InChI is InChI=1S/C16H24N4S.HI/c1-4-9-18-16(17-2)19-12-13-7-5-10-20(3)15(13)14-8-6-11-21-14;/h1,6,8,11,13,15H,5,7,9-10,12H2,2-3H3,(H2,17,18,19);1H. The second kappa shape index (κ2) is 10.1. The summed E-state index contributed by atoms with van der Waals surface area (Å²) in [5.41, 5.74) is 0. The topological polar surface area (TPSA) is 39.7 Å². The van der Waals surface area contributed by atoms with E-state index in [4.69, 9.17) is 6.42 Å². The zero-order chi connectivity index (χ0) is 15.1. The molecule has 1 aliphatic rings. The number of halogens is 1. The van der Waals surface area contributed by atoms with Crippen LogP contribution in [-0.2, 0) is 0 Å². The van der Waals surface area contributed by atoms with Gasteiger partial charge in [0, 0.05) is 24.5 Å². The fourth-order valence-electron chi connectivity index (χ4n) is 2.97. The molecule has 0 spiro atoms. The van der Waals surface area contributed by atoms with Gasteiger partial charge in [-0.05, 0) is 43.8 Å². The van der Waals surface area contributed by atoms with E-state index in [0.717, 1.165) is 12.5 Å². The number of piperidine rings is 1. The van der Waals surface area contributed by atoms with Crippen LogP contribution < -0.4 is 10.6 Å². The average Bonchev–Trinajstić information content (AvgIpc) is 3.01. The summed E-state index contributed by atoms with van der Waals surface area (Å²) >= 11 is 1.85. The van der Waals surface area contributed by atoms with E-state index in [1.807, 2.05) is 11.3 Å². The molecule has 4 nitrogen and oxygen atoms in total. The second-order valence-corrected chi connectivity index (χ2v) is 6.33. The van der Waals surface area contributed by atoms with Crippen LogP contribution in [0.1, 0.15) is 23.8 Å². The fraction of sp³-hybridized carbons (Fsp3) is 0.562. The van der Waals surface area contributed by atoms with E-state index in [-0.39, 0.29) is 24.0 Å². The molecule has 0 bridgehead atoms. The lowest BCUT2D eigenvalue weighted by Crippen LogP contribution is -2.44. The number of nitrogens with zero attached hydrogens (tertiary/aromatic N) is 2. The minimum absolute atomic E-state index is 0. The Morgan fingerprint density at radius 1 is 1.55 bits per heavy atom. The number of rotatable bonds is 4. The van der Waals surface area contributed by atoms with Crippen molar-refractivity contribution in [2.24, 2.45) is 10.9 Å². The molecule has 0 amide bonds. The van der Waals surface area contributed by atoms with E-state index < -0.39 is 0 Å². The van der Waals surface area contributed by atoms with Gasteiger partial charge in [0.05, 0.1) is 6.54 Å². The summed E-state index contributed by atoms with van der Waals surface area (Å²) in [6.45, 7) is 2.58. The van der Waals surface area contributed by atoms with Crippen molar-refractivity contribution < 1.29 is 0 Å². The quantitative estimate of drug-likeness (QED) is 0.333.